The second-order valence-corrected chi connectivity index (χ2v) is 7.05. The summed E-state index contributed by atoms with van der Waals surface area (Å²) in [7, 11) is 0. The number of ether oxygens (including phenoxy) is 1. The van der Waals surface area contributed by atoms with Crippen molar-refractivity contribution in [1.82, 2.24) is 4.90 Å². The van der Waals surface area contributed by atoms with E-state index >= 15 is 0 Å². The quantitative estimate of drug-likeness (QED) is 0.189. The van der Waals surface area contributed by atoms with Crippen LogP contribution >= 0.6 is 11.8 Å². The molecular weight excluding hydrogens is 362 g/mol. The van der Waals surface area contributed by atoms with Crippen LogP contribution in [0.3, 0.4) is 0 Å². The first-order chi connectivity index (χ1) is 12.1. The maximum absolute atomic E-state index is 12.1. The molecule has 26 heavy (non-hydrogen) atoms. The molecule has 4 N–H and O–H groups in total. The van der Waals surface area contributed by atoms with Gasteiger partial charge in [0, 0.05) is 17.4 Å². The van der Waals surface area contributed by atoms with Crippen LogP contribution in [-0.2, 0) is 19.1 Å². The van der Waals surface area contributed by atoms with Crippen LogP contribution in [0.1, 0.15) is 27.2 Å². The van der Waals surface area contributed by atoms with Crippen LogP contribution in [-0.4, -0.2) is 57.2 Å². The van der Waals surface area contributed by atoms with Gasteiger partial charge >= 0.3 is 11.9 Å². The second-order valence-electron chi connectivity index (χ2n) is 6.05. The van der Waals surface area contributed by atoms with Crippen LogP contribution < -0.4 is 5.73 Å². The Morgan fingerprint density at radius 3 is 2.65 bits per heavy atom. The summed E-state index contributed by atoms with van der Waals surface area (Å²) < 4.78 is 4.98. The van der Waals surface area contributed by atoms with E-state index in [2.05, 4.69) is 4.99 Å². The number of carbonyl (C=O) groups excluding carboxylic acids is 2. The van der Waals surface area contributed by atoms with Crippen LogP contribution in [0.4, 0.5) is 0 Å². The Morgan fingerprint density at radius 1 is 1.46 bits per heavy atom. The molecule has 0 saturated carbocycles. The third kappa shape index (κ3) is 4.07. The van der Waals surface area contributed by atoms with E-state index in [-0.39, 0.29) is 17.6 Å². The number of hydrogen-bond acceptors (Lipinski definition) is 7. The lowest BCUT2D eigenvalue weighted by Crippen LogP contribution is -2.61. The molecule has 0 aliphatic carbocycles. The number of carbonyl (C=O) groups is 3. The minimum absolute atomic E-state index is 0.100. The van der Waals surface area contributed by atoms with Gasteiger partial charge in [-0.2, -0.15) is 0 Å². The summed E-state index contributed by atoms with van der Waals surface area (Å²) in [6.07, 6.45) is -0.103. The molecule has 0 aromatic heterocycles. The van der Waals surface area contributed by atoms with Gasteiger partial charge in [0.1, 0.15) is 5.70 Å². The van der Waals surface area contributed by atoms with Crippen molar-refractivity contribution in [1.29, 1.82) is 0 Å². The zero-order chi connectivity index (χ0) is 19.6. The van der Waals surface area contributed by atoms with Crippen LogP contribution in [0.5, 0.6) is 0 Å². The minimum Gasteiger partial charge on any atom is -0.477 e. The van der Waals surface area contributed by atoms with Gasteiger partial charge in [-0.25, -0.2) is 14.6 Å². The fourth-order valence-corrected chi connectivity index (χ4v) is 3.94. The SMILES string of the molecule is CC(N)=N[C@H](C)OC(=O)/C=C/SC1=C(C(=O)O)N2C(=O)[C@H]([C@@H](C)O)[C@H]2C1. The predicted molar refractivity (Wildman–Crippen MR) is 94.7 cm³/mol. The lowest BCUT2D eigenvalue weighted by molar-refractivity contribution is -0.161. The number of amidine groups is 1. The number of carboxylic acid groups (broad SMARTS) is 1. The normalized spacial score (nSPS) is 25.2. The Labute approximate surface area is 154 Å². The van der Waals surface area contributed by atoms with Gasteiger partial charge in [-0.05, 0) is 26.2 Å². The number of aliphatic carboxylic acids is 1. The highest BCUT2D eigenvalue weighted by Gasteiger charge is 2.56. The number of hydrogen-bond donors (Lipinski definition) is 3. The number of nitrogens with two attached hydrogens (primary N) is 1. The van der Waals surface area contributed by atoms with E-state index in [4.69, 9.17) is 10.5 Å². The van der Waals surface area contributed by atoms with Gasteiger partial charge in [0.15, 0.2) is 6.23 Å². The van der Waals surface area contributed by atoms with Crippen molar-refractivity contribution in [3.63, 3.8) is 0 Å². The summed E-state index contributed by atoms with van der Waals surface area (Å²) >= 11 is 1.03. The third-order valence-electron chi connectivity index (χ3n) is 3.98. The van der Waals surface area contributed by atoms with E-state index in [0.717, 1.165) is 17.8 Å². The number of aliphatic imine (C=N–C) groups is 1. The van der Waals surface area contributed by atoms with E-state index in [1.54, 1.807) is 13.8 Å². The van der Waals surface area contributed by atoms with Crippen molar-refractivity contribution >= 4 is 35.4 Å². The number of aliphatic hydroxyl groups is 1. The Balaban J connectivity index is 2.02. The zero-order valence-electron chi connectivity index (χ0n) is 14.6. The van der Waals surface area contributed by atoms with Gasteiger partial charge in [-0.3, -0.25) is 4.79 Å². The maximum Gasteiger partial charge on any atom is 0.353 e. The highest BCUT2D eigenvalue weighted by Crippen LogP contribution is 2.47. The average Bonchev–Trinajstić information content (AvgIpc) is 2.80. The average molecular weight is 383 g/mol. The third-order valence-corrected chi connectivity index (χ3v) is 4.89. The number of esters is 1. The van der Waals surface area contributed by atoms with Crippen LogP contribution in [0, 0.1) is 5.92 Å². The number of rotatable bonds is 7. The molecule has 2 rings (SSSR count). The van der Waals surface area contributed by atoms with E-state index < -0.39 is 36.1 Å². The molecule has 1 fully saturated rings. The number of thioether (sulfide) groups is 1. The molecule has 142 valence electrons. The summed E-state index contributed by atoms with van der Waals surface area (Å²) in [5.74, 6) is -2.58. The van der Waals surface area contributed by atoms with Gasteiger partial charge < -0.3 is 25.6 Å². The number of β-lactam (4-membered cyclic amide) rings is 1. The summed E-state index contributed by atoms with van der Waals surface area (Å²) in [4.78, 5) is 40.8. The van der Waals surface area contributed by atoms with Crippen LogP contribution in [0.25, 0.3) is 0 Å². The lowest BCUT2D eigenvalue weighted by atomic mass is 9.83. The van der Waals surface area contributed by atoms with Crippen molar-refractivity contribution in [2.45, 2.75) is 45.6 Å². The highest BCUT2D eigenvalue weighted by molar-refractivity contribution is 8.05. The Kier molecular flexibility index (Phi) is 6.09. The first-order valence-electron chi connectivity index (χ1n) is 7.94. The maximum atomic E-state index is 12.1. The molecule has 1 amide bonds. The molecule has 4 atom stereocenters. The topological polar surface area (TPSA) is 143 Å². The second kappa shape index (κ2) is 7.92. The van der Waals surface area contributed by atoms with E-state index in [9.17, 15) is 24.6 Å². The van der Waals surface area contributed by atoms with Crippen molar-refractivity contribution in [3.05, 3.63) is 22.1 Å². The van der Waals surface area contributed by atoms with Gasteiger partial charge in [0.05, 0.1) is 23.9 Å². The minimum atomic E-state index is -1.22. The molecule has 2 aliphatic heterocycles. The largest absolute Gasteiger partial charge is 0.477 e. The molecule has 1 saturated heterocycles. The molecular formula is C16H21N3O6S. The number of fused-ring (bicyclic) bond motifs is 1. The van der Waals surface area contributed by atoms with Gasteiger partial charge in [-0.1, -0.05) is 11.8 Å². The number of nitrogens with zero attached hydrogens (tertiary/aromatic N) is 2. The molecule has 0 unspecified atom stereocenters. The molecule has 0 spiro atoms. The fourth-order valence-electron chi connectivity index (χ4n) is 3.03. The van der Waals surface area contributed by atoms with Gasteiger partial charge in [0.2, 0.25) is 5.91 Å². The smallest absolute Gasteiger partial charge is 0.353 e. The number of amides is 1. The van der Waals surface area contributed by atoms with Crippen molar-refractivity contribution in [2.75, 3.05) is 0 Å². The summed E-state index contributed by atoms with van der Waals surface area (Å²) in [6.45, 7) is 4.64. The molecule has 2 aliphatic rings. The van der Waals surface area contributed by atoms with E-state index in [1.165, 1.54) is 17.2 Å². The lowest BCUT2D eigenvalue weighted by Gasteiger charge is -2.44. The van der Waals surface area contributed by atoms with Crippen molar-refractivity contribution in [3.8, 4) is 0 Å². The first kappa shape index (κ1) is 20.0. The molecule has 10 heteroatoms. The molecule has 9 nitrogen and oxygen atoms in total. The molecule has 0 radical (unpaired) electrons. The summed E-state index contributed by atoms with van der Waals surface area (Å²) in [5, 5.41) is 20.5. The summed E-state index contributed by atoms with van der Waals surface area (Å²) in [5.41, 5.74) is 5.30. The Bertz CT molecular complexity index is 711. The number of aliphatic hydroxyl groups excluding tert-OH is 1. The molecule has 0 aromatic carbocycles. The van der Waals surface area contributed by atoms with Crippen LogP contribution in [0.2, 0.25) is 0 Å². The predicted octanol–water partition coefficient (Wildman–Crippen LogP) is 0.407. The summed E-state index contributed by atoms with van der Waals surface area (Å²) in [6, 6.07) is -0.363. The van der Waals surface area contributed by atoms with Gasteiger partial charge in [-0.15, -0.1) is 0 Å². The van der Waals surface area contributed by atoms with Crippen molar-refractivity contribution < 1.29 is 29.3 Å². The monoisotopic (exact) mass is 383 g/mol. The number of carboxylic acids is 1. The first-order valence-corrected chi connectivity index (χ1v) is 8.82. The van der Waals surface area contributed by atoms with E-state index in [0.29, 0.717) is 11.3 Å². The fraction of sp³-hybridized carbons (Fsp3) is 0.500. The zero-order valence-corrected chi connectivity index (χ0v) is 15.4. The highest BCUT2D eigenvalue weighted by atomic mass is 32.2. The van der Waals surface area contributed by atoms with Crippen LogP contribution in [0.15, 0.2) is 27.1 Å². The van der Waals surface area contributed by atoms with E-state index in [1.807, 2.05) is 0 Å². The molecule has 0 bridgehead atoms. The van der Waals surface area contributed by atoms with Gasteiger partial charge in [0.25, 0.3) is 0 Å². The molecule has 0 aromatic rings. The Morgan fingerprint density at radius 2 is 2.12 bits per heavy atom. The standard InChI is InChI=1S/C16H21N3O6S/c1-7(20)13-10-6-11(14(16(23)24)19(10)15(13)22)26-5-4-12(21)25-9(3)18-8(2)17/h4-5,7,9-10,13,20H,6H2,1-3H3,(H2,17,18)(H,23,24)/b5-4+/t7-,9+,10-,13-/m1/s1. The van der Waals surface area contributed by atoms with Crippen molar-refractivity contribution in [2.24, 2.45) is 16.6 Å². The Hall–Kier alpha value is -2.33. The molecule has 2 heterocycles.